The summed E-state index contributed by atoms with van der Waals surface area (Å²) in [5, 5.41) is 10.2. The van der Waals surface area contributed by atoms with Crippen LogP contribution in [0.5, 0.6) is 0 Å². The highest BCUT2D eigenvalue weighted by Gasteiger charge is 2.31. The molecule has 4 heterocycles. The molecule has 0 saturated carbocycles. The molecule has 0 spiro atoms. The van der Waals surface area contributed by atoms with Crippen molar-refractivity contribution in [3.63, 3.8) is 0 Å². The topological polar surface area (TPSA) is 74.3 Å². The SMILES string of the molecule is C/C=N\N(C=NC)c1cnn2ccc(N3CCCC3c3nc(F)ccc3F)nc12. The lowest BCUT2D eigenvalue weighted by molar-refractivity contribution is 0.518. The number of hydrazone groups is 1. The van der Waals surface area contributed by atoms with E-state index in [1.165, 1.54) is 0 Å². The number of fused-ring (bicyclic) bond motifs is 1. The van der Waals surface area contributed by atoms with E-state index in [1.54, 1.807) is 54.5 Å². The third-order valence-electron chi connectivity index (χ3n) is 4.75. The minimum atomic E-state index is -0.693. The van der Waals surface area contributed by atoms with Crippen LogP contribution in [0.25, 0.3) is 5.65 Å². The van der Waals surface area contributed by atoms with Crippen LogP contribution in [-0.4, -0.2) is 45.7 Å². The fourth-order valence-corrected chi connectivity index (χ4v) is 3.55. The Kier molecular flexibility index (Phi) is 5.15. The molecule has 150 valence electrons. The highest BCUT2D eigenvalue weighted by atomic mass is 19.1. The number of rotatable bonds is 5. The Labute approximate surface area is 166 Å². The van der Waals surface area contributed by atoms with Gasteiger partial charge in [-0.2, -0.15) is 14.6 Å². The maximum Gasteiger partial charge on any atom is 0.213 e. The highest BCUT2D eigenvalue weighted by molar-refractivity contribution is 5.86. The average Bonchev–Trinajstić information content (AvgIpc) is 3.36. The van der Waals surface area contributed by atoms with Crippen molar-refractivity contribution in [3.8, 4) is 0 Å². The van der Waals surface area contributed by atoms with E-state index in [-0.39, 0.29) is 11.7 Å². The minimum Gasteiger partial charge on any atom is -0.348 e. The van der Waals surface area contributed by atoms with Crippen molar-refractivity contribution in [1.29, 1.82) is 0 Å². The first kappa shape index (κ1) is 18.9. The van der Waals surface area contributed by atoms with E-state index in [1.807, 2.05) is 4.90 Å². The van der Waals surface area contributed by atoms with E-state index in [0.717, 1.165) is 18.6 Å². The molecule has 1 unspecified atom stereocenters. The Morgan fingerprint density at radius 1 is 1.24 bits per heavy atom. The van der Waals surface area contributed by atoms with Gasteiger partial charge in [0.25, 0.3) is 0 Å². The van der Waals surface area contributed by atoms with Gasteiger partial charge in [0.15, 0.2) is 5.65 Å². The lowest BCUT2D eigenvalue weighted by Gasteiger charge is -2.25. The van der Waals surface area contributed by atoms with Crippen LogP contribution in [0.4, 0.5) is 20.3 Å². The first-order chi connectivity index (χ1) is 14.1. The quantitative estimate of drug-likeness (QED) is 0.286. The van der Waals surface area contributed by atoms with Gasteiger partial charge >= 0.3 is 0 Å². The fraction of sp³-hybridized carbons (Fsp3) is 0.316. The molecule has 1 aliphatic rings. The van der Waals surface area contributed by atoms with Crippen molar-refractivity contribution in [2.75, 3.05) is 23.5 Å². The summed E-state index contributed by atoms with van der Waals surface area (Å²) in [7, 11) is 1.65. The molecule has 0 N–H and O–H groups in total. The lowest BCUT2D eigenvalue weighted by atomic mass is 10.1. The Morgan fingerprint density at radius 2 is 2.10 bits per heavy atom. The third-order valence-corrected chi connectivity index (χ3v) is 4.75. The molecule has 3 aromatic heterocycles. The van der Waals surface area contributed by atoms with Crippen LogP contribution in [0.2, 0.25) is 0 Å². The predicted molar refractivity (Wildman–Crippen MR) is 108 cm³/mol. The fourth-order valence-electron chi connectivity index (χ4n) is 3.55. The number of aromatic nitrogens is 4. The van der Waals surface area contributed by atoms with E-state index in [9.17, 15) is 8.78 Å². The summed E-state index contributed by atoms with van der Waals surface area (Å²) >= 11 is 0. The second kappa shape index (κ2) is 7.90. The summed E-state index contributed by atoms with van der Waals surface area (Å²) in [5.41, 5.74) is 1.33. The first-order valence-electron chi connectivity index (χ1n) is 9.25. The molecular formula is C19H20F2N8. The average molecular weight is 398 g/mol. The molecule has 29 heavy (non-hydrogen) atoms. The normalized spacial score (nSPS) is 17.2. The zero-order chi connectivity index (χ0) is 20.4. The van der Waals surface area contributed by atoms with Crippen molar-refractivity contribution >= 4 is 29.7 Å². The summed E-state index contributed by atoms with van der Waals surface area (Å²) in [6.45, 7) is 2.47. The smallest absolute Gasteiger partial charge is 0.213 e. The molecule has 1 fully saturated rings. The monoisotopic (exact) mass is 398 g/mol. The zero-order valence-corrected chi connectivity index (χ0v) is 16.1. The van der Waals surface area contributed by atoms with Crippen LogP contribution >= 0.6 is 0 Å². The van der Waals surface area contributed by atoms with Crippen molar-refractivity contribution in [1.82, 2.24) is 19.6 Å². The summed E-state index contributed by atoms with van der Waals surface area (Å²) in [6, 6.07) is 3.57. The number of aliphatic imine (C=N–C) groups is 1. The van der Waals surface area contributed by atoms with Crippen LogP contribution in [0.1, 0.15) is 31.5 Å². The maximum atomic E-state index is 14.3. The minimum absolute atomic E-state index is 0.105. The van der Waals surface area contributed by atoms with Gasteiger partial charge in [0.2, 0.25) is 5.95 Å². The molecule has 1 aliphatic heterocycles. The number of pyridine rings is 1. The Hall–Kier alpha value is -3.43. The molecule has 0 aliphatic carbocycles. The van der Waals surface area contributed by atoms with Gasteiger partial charge in [-0.15, -0.1) is 0 Å². The van der Waals surface area contributed by atoms with Gasteiger partial charge in [-0.25, -0.2) is 23.9 Å². The summed E-state index contributed by atoms with van der Waals surface area (Å²) in [5.74, 6) is -0.570. The van der Waals surface area contributed by atoms with Gasteiger partial charge in [0.05, 0.1) is 12.2 Å². The zero-order valence-electron chi connectivity index (χ0n) is 16.1. The largest absolute Gasteiger partial charge is 0.348 e. The first-order valence-corrected chi connectivity index (χ1v) is 9.25. The van der Waals surface area contributed by atoms with Gasteiger partial charge in [-0.1, -0.05) is 0 Å². The summed E-state index contributed by atoms with van der Waals surface area (Å²) in [6.07, 6.45) is 8.13. The molecule has 0 bridgehead atoms. The number of hydrogen-bond acceptors (Lipinski definition) is 6. The number of halogens is 2. The second-order valence-electron chi connectivity index (χ2n) is 6.53. The number of anilines is 2. The van der Waals surface area contributed by atoms with Crippen LogP contribution < -0.4 is 9.91 Å². The van der Waals surface area contributed by atoms with E-state index in [0.29, 0.717) is 30.1 Å². The molecule has 0 radical (unpaired) electrons. The Balaban J connectivity index is 1.75. The summed E-state index contributed by atoms with van der Waals surface area (Å²) in [4.78, 5) is 14.5. The van der Waals surface area contributed by atoms with Crippen molar-refractivity contribution in [3.05, 3.63) is 48.1 Å². The van der Waals surface area contributed by atoms with E-state index in [4.69, 9.17) is 4.98 Å². The van der Waals surface area contributed by atoms with E-state index in [2.05, 4.69) is 20.2 Å². The molecule has 10 heteroatoms. The highest BCUT2D eigenvalue weighted by Crippen LogP contribution is 2.36. The van der Waals surface area contributed by atoms with Gasteiger partial charge in [-0.05, 0) is 38.0 Å². The molecule has 0 aromatic carbocycles. The molecule has 1 saturated heterocycles. The third kappa shape index (κ3) is 3.53. The second-order valence-corrected chi connectivity index (χ2v) is 6.53. The van der Waals surface area contributed by atoms with Crippen molar-refractivity contribution in [2.24, 2.45) is 10.1 Å². The van der Waals surface area contributed by atoms with Crippen LogP contribution in [0.15, 0.2) is 40.7 Å². The van der Waals surface area contributed by atoms with Gasteiger partial charge in [0.1, 0.15) is 29.4 Å². The van der Waals surface area contributed by atoms with Crippen LogP contribution in [0.3, 0.4) is 0 Å². The van der Waals surface area contributed by atoms with Gasteiger partial charge in [-0.3, -0.25) is 4.99 Å². The standard InChI is InChI=1S/C19H20F2N8/c1-3-23-29(12-22-2)15-11-24-28-10-8-17(26-19(15)28)27-9-4-5-14(27)18-13(20)6-7-16(21)25-18/h3,6-8,10-12,14H,4-5,9H2,1-2H3/b22-12?,23-3-. The number of hydrogen-bond donors (Lipinski definition) is 0. The van der Waals surface area contributed by atoms with E-state index < -0.39 is 11.8 Å². The lowest BCUT2D eigenvalue weighted by Crippen LogP contribution is -2.25. The van der Waals surface area contributed by atoms with Crippen molar-refractivity contribution in [2.45, 2.75) is 25.8 Å². The van der Waals surface area contributed by atoms with Crippen molar-refractivity contribution < 1.29 is 8.78 Å². The Morgan fingerprint density at radius 3 is 2.90 bits per heavy atom. The van der Waals surface area contributed by atoms with Crippen LogP contribution in [0, 0.1) is 11.8 Å². The van der Waals surface area contributed by atoms with Crippen LogP contribution in [-0.2, 0) is 0 Å². The molecule has 4 rings (SSSR count). The predicted octanol–water partition coefficient (Wildman–Crippen LogP) is 3.21. The van der Waals surface area contributed by atoms with Gasteiger partial charge in [0, 0.05) is 26.0 Å². The number of nitrogens with zero attached hydrogens (tertiary/aromatic N) is 8. The molecular weight excluding hydrogens is 378 g/mol. The summed E-state index contributed by atoms with van der Waals surface area (Å²) < 4.78 is 29.6. The molecule has 1 atom stereocenters. The van der Waals surface area contributed by atoms with E-state index >= 15 is 0 Å². The molecule has 0 amide bonds. The molecule has 8 nitrogen and oxygen atoms in total. The van der Waals surface area contributed by atoms with Gasteiger partial charge < -0.3 is 4.90 Å². The molecule has 3 aromatic rings. The maximum absolute atomic E-state index is 14.3. The Bertz CT molecular complexity index is 1070.